The molecule has 0 aliphatic carbocycles. The number of urea groups is 1. The van der Waals surface area contributed by atoms with Gasteiger partial charge in [0, 0.05) is 37.1 Å². The third-order valence-corrected chi connectivity index (χ3v) is 6.45. The number of carbonyl (C=O) groups is 3. The smallest absolute Gasteiger partial charge is 0.322 e. The van der Waals surface area contributed by atoms with Crippen molar-refractivity contribution >= 4 is 28.8 Å². The van der Waals surface area contributed by atoms with Gasteiger partial charge in [0.15, 0.2) is 5.54 Å². The number of carbonyl (C=O) groups excluding carboxylic acids is 3. The van der Waals surface area contributed by atoms with Gasteiger partial charge >= 0.3 is 6.03 Å². The molecule has 1 unspecified atom stereocenters. The van der Waals surface area contributed by atoms with Crippen LogP contribution >= 0.6 is 0 Å². The largest absolute Gasteiger partial charge is 0.497 e. The van der Waals surface area contributed by atoms with Crippen LogP contribution in [0.1, 0.15) is 27.2 Å². The van der Waals surface area contributed by atoms with Crippen LogP contribution in [0.25, 0.3) is 11.0 Å². The quantitative estimate of drug-likeness (QED) is 0.272. The molecule has 0 spiro atoms. The van der Waals surface area contributed by atoms with E-state index < -0.39 is 17.5 Å². The Morgan fingerprint density at radius 1 is 1.11 bits per heavy atom. The summed E-state index contributed by atoms with van der Waals surface area (Å²) in [5.74, 6) is 0.0571. The van der Waals surface area contributed by atoms with Crippen LogP contribution in [0.5, 0.6) is 5.75 Å². The Bertz CT molecular complexity index is 1320. The van der Waals surface area contributed by atoms with E-state index in [1.165, 1.54) is 7.11 Å². The Hall–Kier alpha value is -3.89. The number of hydrogen-bond donors (Lipinski definition) is 4. The number of imide groups is 1. The number of methoxy groups -OCH3 is 1. The lowest BCUT2D eigenvalue weighted by atomic mass is 9.95. The van der Waals surface area contributed by atoms with Gasteiger partial charge in [-0.05, 0) is 48.5 Å². The van der Waals surface area contributed by atoms with Gasteiger partial charge in [-0.3, -0.25) is 14.9 Å². The molecule has 2 aliphatic rings. The minimum atomic E-state index is -1.54. The van der Waals surface area contributed by atoms with Gasteiger partial charge in [0.1, 0.15) is 17.1 Å². The summed E-state index contributed by atoms with van der Waals surface area (Å²) in [6.45, 7) is 2.62. The second kappa shape index (κ2) is 9.05. The van der Waals surface area contributed by atoms with Gasteiger partial charge in [0.2, 0.25) is 0 Å². The average molecular weight is 478 g/mol. The fourth-order valence-corrected chi connectivity index (χ4v) is 4.59. The van der Waals surface area contributed by atoms with Crippen molar-refractivity contribution in [3.63, 3.8) is 0 Å². The number of hydrogen-bond acceptors (Lipinski definition) is 7. The zero-order chi connectivity index (χ0) is 24.6. The normalized spacial score (nSPS) is 19.3. The highest BCUT2D eigenvalue weighted by Gasteiger charge is 2.53. The standard InChI is InChI=1S/C25H27N5O5/c1-26-7-8-27-12-15-3-6-20-17(9-15)10-21(35-20)25(23(32)28-24(33)29-25)14-30-13-16-4-5-18(34-2)11-19(16)22(30)31/h3-6,9-11,26-27H,7-8,12-14H2,1-2H3,(H2,28,29,32,33). The van der Waals surface area contributed by atoms with Crippen LogP contribution in [0.15, 0.2) is 46.9 Å². The van der Waals surface area contributed by atoms with Gasteiger partial charge in [-0.15, -0.1) is 0 Å². The van der Waals surface area contributed by atoms with Crippen molar-refractivity contribution in [1.29, 1.82) is 0 Å². The highest BCUT2D eigenvalue weighted by Crippen LogP contribution is 2.35. The lowest BCUT2D eigenvalue weighted by molar-refractivity contribution is -0.125. The fraction of sp³-hybridized carbons (Fsp3) is 0.320. The monoisotopic (exact) mass is 477 g/mol. The van der Waals surface area contributed by atoms with Gasteiger partial charge < -0.3 is 30.0 Å². The third-order valence-electron chi connectivity index (χ3n) is 6.45. The second-order valence-electron chi connectivity index (χ2n) is 8.76. The first kappa shape index (κ1) is 22.9. The average Bonchev–Trinajstić information content (AvgIpc) is 3.50. The highest BCUT2D eigenvalue weighted by molar-refractivity contribution is 6.08. The van der Waals surface area contributed by atoms with Gasteiger partial charge in [0.25, 0.3) is 11.8 Å². The lowest BCUT2D eigenvalue weighted by Crippen LogP contribution is -2.52. The number of ether oxygens (including phenoxy) is 1. The Morgan fingerprint density at radius 3 is 2.71 bits per heavy atom. The lowest BCUT2D eigenvalue weighted by Gasteiger charge is -2.29. The molecule has 3 aromatic rings. The molecule has 4 N–H and O–H groups in total. The van der Waals surface area contributed by atoms with Crippen molar-refractivity contribution in [3.8, 4) is 5.75 Å². The number of benzene rings is 2. The van der Waals surface area contributed by atoms with Crippen LogP contribution in [0.4, 0.5) is 4.79 Å². The topological polar surface area (TPSA) is 125 Å². The molecule has 10 heteroatoms. The number of rotatable bonds is 9. The molecule has 10 nitrogen and oxygen atoms in total. The van der Waals surface area contributed by atoms with E-state index in [1.807, 2.05) is 31.3 Å². The van der Waals surface area contributed by atoms with E-state index in [9.17, 15) is 14.4 Å². The maximum absolute atomic E-state index is 13.2. The number of likely N-dealkylation sites (N-methyl/N-ethyl adjacent to an activating group) is 1. The molecule has 0 saturated carbocycles. The van der Waals surface area contributed by atoms with Crippen molar-refractivity contribution in [1.82, 2.24) is 26.2 Å². The van der Waals surface area contributed by atoms with Crippen LogP contribution in [-0.4, -0.2) is 56.5 Å². The van der Waals surface area contributed by atoms with Crippen molar-refractivity contribution < 1.29 is 23.5 Å². The molecule has 1 aromatic heterocycles. The van der Waals surface area contributed by atoms with E-state index >= 15 is 0 Å². The van der Waals surface area contributed by atoms with Crippen LogP contribution in [0, 0.1) is 0 Å². The maximum Gasteiger partial charge on any atom is 0.322 e. The molecule has 1 saturated heterocycles. The Labute approximate surface area is 202 Å². The molecule has 35 heavy (non-hydrogen) atoms. The molecule has 1 fully saturated rings. The van der Waals surface area contributed by atoms with Crippen LogP contribution in [0.3, 0.4) is 0 Å². The van der Waals surface area contributed by atoms with Crippen LogP contribution < -0.4 is 26.0 Å². The fourth-order valence-electron chi connectivity index (χ4n) is 4.59. The number of furan rings is 1. The Morgan fingerprint density at radius 2 is 1.97 bits per heavy atom. The van der Waals surface area contributed by atoms with E-state index in [4.69, 9.17) is 9.15 Å². The van der Waals surface area contributed by atoms with E-state index in [2.05, 4.69) is 21.3 Å². The summed E-state index contributed by atoms with van der Waals surface area (Å²) in [6.07, 6.45) is 0. The minimum Gasteiger partial charge on any atom is -0.497 e. The highest BCUT2D eigenvalue weighted by atomic mass is 16.5. The van der Waals surface area contributed by atoms with Crippen LogP contribution in [0.2, 0.25) is 0 Å². The molecular formula is C25H27N5O5. The molecular weight excluding hydrogens is 450 g/mol. The number of fused-ring (bicyclic) bond motifs is 2. The Balaban J connectivity index is 1.44. The summed E-state index contributed by atoms with van der Waals surface area (Å²) in [7, 11) is 3.44. The van der Waals surface area contributed by atoms with Crippen LogP contribution in [-0.2, 0) is 23.4 Å². The predicted molar refractivity (Wildman–Crippen MR) is 128 cm³/mol. The maximum atomic E-state index is 13.2. The van der Waals surface area contributed by atoms with Gasteiger partial charge in [-0.2, -0.15) is 0 Å². The van der Waals surface area contributed by atoms with Crippen molar-refractivity contribution in [2.75, 3.05) is 33.8 Å². The van der Waals surface area contributed by atoms with Gasteiger partial charge in [-0.1, -0.05) is 12.1 Å². The van der Waals surface area contributed by atoms with Crippen molar-refractivity contribution in [2.45, 2.75) is 18.6 Å². The minimum absolute atomic E-state index is 0.0708. The number of nitrogens with zero attached hydrogens (tertiary/aromatic N) is 1. The summed E-state index contributed by atoms with van der Waals surface area (Å²) >= 11 is 0. The Kier molecular flexibility index (Phi) is 5.91. The van der Waals surface area contributed by atoms with E-state index in [0.717, 1.165) is 29.6 Å². The molecule has 4 amide bonds. The molecule has 2 aliphatic heterocycles. The van der Waals surface area contributed by atoms with Crippen molar-refractivity contribution in [3.05, 3.63) is 64.9 Å². The molecule has 1 atom stereocenters. The number of nitrogens with one attached hydrogen (secondary N) is 4. The second-order valence-corrected chi connectivity index (χ2v) is 8.76. The summed E-state index contributed by atoms with van der Waals surface area (Å²) in [4.78, 5) is 40.0. The first-order chi connectivity index (χ1) is 16.9. The zero-order valence-corrected chi connectivity index (χ0v) is 19.6. The van der Waals surface area contributed by atoms with Crippen molar-refractivity contribution in [2.24, 2.45) is 0 Å². The molecule has 5 rings (SSSR count). The summed E-state index contributed by atoms with van der Waals surface area (Å²) in [5.41, 5.74) is 1.46. The number of amides is 4. The van der Waals surface area contributed by atoms with Gasteiger partial charge in [-0.25, -0.2) is 4.79 Å². The molecule has 2 aromatic carbocycles. The molecule has 0 radical (unpaired) electrons. The summed E-state index contributed by atoms with van der Waals surface area (Å²) in [6, 6.07) is 12.2. The molecule has 0 bridgehead atoms. The van der Waals surface area contributed by atoms with Gasteiger partial charge in [0.05, 0.1) is 13.7 Å². The SMILES string of the molecule is CNCCNCc1ccc2oc(C3(CN4Cc5ccc(OC)cc5C4=O)NC(=O)NC3=O)cc2c1. The van der Waals surface area contributed by atoms with E-state index in [1.54, 1.807) is 23.1 Å². The van der Waals surface area contributed by atoms with E-state index in [-0.39, 0.29) is 18.2 Å². The third kappa shape index (κ3) is 4.11. The first-order valence-electron chi connectivity index (χ1n) is 11.4. The first-order valence-corrected chi connectivity index (χ1v) is 11.4. The summed E-state index contributed by atoms with van der Waals surface area (Å²) in [5, 5.41) is 12.3. The summed E-state index contributed by atoms with van der Waals surface area (Å²) < 4.78 is 11.3. The van der Waals surface area contributed by atoms with E-state index in [0.29, 0.717) is 30.0 Å². The zero-order valence-electron chi connectivity index (χ0n) is 19.6. The molecule has 3 heterocycles. The molecule has 182 valence electrons. The predicted octanol–water partition coefficient (Wildman–Crippen LogP) is 1.44.